The van der Waals surface area contributed by atoms with E-state index in [1.54, 1.807) is 6.07 Å². The third kappa shape index (κ3) is 2.74. The second-order valence-electron chi connectivity index (χ2n) is 3.17. The van der Waals surface area contributed by atoms with Crippen molar-refractivity contribution in [3.05, 3.63) is 30.1 Å². The quantitative estimate of drug-likeness (QED) is 0.747. The van der Waals surface area contributed by atoms with Crippen molar-refractivity contribution < 1.29 is 14.3 Å². The summed E-state index contributed by atoms with van der Waals surface area (Å²) in [4.78, 5) is 12.7. The van der Waals surface area contributed by atoms with Gasteiger partial charge in [0, 0.05) is 12.7 Å². The number of nitrogens with zero attached hydrogens (tertiary/aromatic N) is 1. The fourth-order valence-corrected chi connectivity index (χ4v) is 1.14. The molecule has 0 spiro atoms. The van der Waals surface area contributed by atoms with E-state index >= 15 is 0 Å². The van der Waals surface area contributed by atoms with Crippen molar-refractivity contribution in [2.24, 2.45) is 5.73 Å². The van der Waals surface area contributed by atoms with E-state index in [-0.39, 0.29) is 0 Å². The highest BCUT2D eigenvalue weighted by Crippen LogP contribution is 2.14. The molecule has 0 aromatic heterocycles. The van der Waals surface area contributed by atoms with Gasteiger partial charge in [0.2, 0.25) is 5.91 Å². The summed E-state index contributed by atoms with van der Waals surface area (Å²) in [6, 6.07) is 4.62. The highest BCUT2D eigenvalue weighted by molar-refractivity contribution is 5.96. The SMILES string of the molecule is CN(C(=O)C(N)CO)c1cccc(F)c1. The number of rotatable bonds is 3. The zero-order valence-corrected chi connectivity index (χ0v) is 8.35. The number of amides is 1. The van der Waals surface area contributed by atoms with Crippen molar-refractivity contribution in [1.29, 1.82) is 0 Å². The van der Waals surface area contributed by atoms with Gasteiger partial charge in [-0.05, 0) is 18.2 Å². The van der Waals surface area contributed by atoms with Crippen LogP contribution in [-0.4, -0.2) is 30.7 Å². The first-order valence-corrected chi connectivity index (χ1v) is 4.46. The summed E-state index contributed by atoms with van der Waals surface area (Å²) in [5.41, 5.74) is 5.76. The molecule has 0 aliphatic carbocycles. The van der Waals surface area contributed by atoms with E-state index in [2.05, 4.69) is 0 Å². The summed E-state index contributed by atoms with van der Waals surface area (Å²) in [5, 5.41) is 8.71. The van der Waals surface area contributed by atoms with Crippen molar-refractivity contribution in [3.63, 3.8) is 0 Å². The van der Waals surface area contributed by atoms with Gasteiger partial charge in [0.05, 0.1) is 6.61 Å². The van der Waals surface area contributed by atoms with Crippen LogP contribution in [0.2, 0.25) is 0 Å². The number of likely N-dealkylation sites (N-methyl/N-ethyl adjacent to an activating group) is 1. The molecule has 1 unspecified atom stereocenters. The zero-order chi connectivity index (χ0) is 11.4. The molecule has 1 aromatic carbocycles. The summed E-state index contributed by atoms with van der Waals surface area (Å²) >= 11 is 0. The van der Waals surface area contributed by atoms with Gasteiger partial charge in [-0.15, -0.1) is 0 Å². The van der Waals surface area contributed by atoms with Gasteiger partial charge >= 0.3 is 0 Å². The van der Waals surface area contributed by atoms with Crippen LogP contribution in [0.1, 0.15) is 0 Å². The first kappa shape index (κ1) is 11.6. The summed E-state index contributed by atoms with van der Waals surface area (Å²) in [6.07, 6.45) is 0. The number of hydrogen-bond acceptors (Lipinski definition) is 3. The minimum atomic E-state index is -0.974. The molecular weight excluding hydrogens is 199 g/mol. The first-order chi connectivity index (χ1) is 7.06. The molecule has 1 amide bonds. The van der Waals surface area contributed by atoms with E-state index in [0.717, 1.165) is 0 Å². The maximum atomic E-state index is 12.9. The maximum absolute atomic E-state index is 12.9. The van der Waals surface area contributed by atoms with Crippen molar-refractivity contribution in [2.45, 2.75) is 6.04 Å². The largest absolute Gasteiger partial charge is 0.394 e. The number of carbonyl (C=O) groups excluding carboxylic acids is 1. The molecule has 0 heterocycles. The van der Waals surface area contributed by atoms with Crippen molar-refractivity contribution in [2.75, 3.05) is 18.6 Å². The minimum absolute atomic E-state index is 0.406. The normalized spacial score (nSPS) is 12.3. The molecule has 0 saturated carbocycles. The van der Waals surface area contributed by atoms with Crippen LogP contribution >= 0.6 is 0 Å². The number of aliphatic hydroxyl groups is 1. The smallest absolute Gasteiger partial charge is 0.246 e. The lowest BCUT2D eigenvalue weighted by molar-refractivity contribution is -0.120. The Labute approximate surface area is 87.1 Å². The highest BCUT2D eigenvalue weighted by Gasteiger charge is 2.18. The Balaban J connectivity index is 2.85. The van der Waals surface area contributed by atoms with Crippen LogP contribution in [0.5, 0.6) is 0 Å². The molecule has 3 N–H and O–H groups in total. The second-order valence-corrected chi connectivity index (χ2v) is 3.17. The Hall–Kier alpha value is -1.46. The van der Waals surface area contributed by atoms with Crippen molar-refractivity contribution >= 4 is 11.6 Å². The lowest BCUT2D eigenvalue weighted by atomic mass is 10.2. The van der Waals surface area contributed by atoms with Crippen LogP contribution in [0, 0.1) is 5.82 Å². The molecule has 0 saturated heterocycles. The molecule has 15 heavy (non-hydrogen) atoms. The predicted molar refractivity (Wildman–Crippen MR) is 54.9 cm³/mol. The zero-order valence-electron chi connectivity index (χ0n) is 8.35. The average Bonchev–Trinajstić information content (AvgIpc) is 2.26. The number of aliphatic hydroxyl groups excluding tert-OH is 1. The summed E-state index contributed by atoms with van der Waals surface area (Å²) in [7, 11) is 1.48. The van der Waals surface area contributed by atoms with Crippen LogP contribution in [0.3, 0.4) is 0 Å². The van der Waals surface area contributed by atoms with Gasteiger partial charge in [0.15, 0.2) is 0 Å². The van der Waals surface area contributed by atoms with E-state index in [1.807, 2.05) is 0 Å². The predicted octanol–water partition coefficient (Wildman–Crippen LogP) is 0.108. The highest BCUT2D eigenvalue weighted by atomic mass is 19.1. The fraction of sp³-hybridized carbons (Fsp3) is 0.300. The van der Waals surface area contributed by atoms with E-state index < -0.39 is 24.4 Å². The summed E-state index contributed by atoms with van der Waals surface area (Å²) < 4.78 is 12.9. The number of carbonyl (C=O) groups is 1. The monoisotopic (exact) mass is 212 g/mol. The Morgan fingerprint density at radius 2 is 2.33 bits per heavy atom. The van der Waals surface area contributed by atoms with Gasteiger partial charge in [-0.1, -0.05) is 6.07 Å². The molecule has 1 aromatic rings. The van der Waals surface area contributed by atoms with Gasteiger partial charge in [-0.3, -0.25) is 4.79 Å². The summed E-state index contributed by atoms with van der Waals surface area (Å²) in [5.74, 6) is -0.882. The van der Waals surface area contributed by atoms with Gasteiger partial charge in [0.25, 0.3) is 0 Å². The Kier molecular flexibility index (Phi) is 3.76. The van der Waals surface area contributed by atoms with E-state index in [1.165, 1.54) is 30.1 Å². The average molecular weight is 212 g/mol. The third-order valence-electron chi connectivity index (χ3n) is 2.04. The molecular formula is C10H13FN2O2. The molecule has 4 nitrogen and oxygen atoms in total. The molecule has 0 bridgehead atoms. The first-order valence-electron chi connectivity index (χ1n) is 4.46. The molecule has 1 rings (SSSR count). The van der Waals surface area contributed by atoms with Crippen LogP contribution in [0.4, 0.5) is 10.1 Å². The lowest BCUT2D eigenvalue weighted by Gasteiger charge is -2.20. The number of benzene rings is 1. The molecule has 82 valence electrons. The van der Waals surface area contributed by atoms with Crippen LogP contribution in [-0.2, 0) is 4.79 Å². The number of nitrogens with two attached hydrogens (primary N) is 1. The molecule has 0 aliphatic rings. The standard InChI is InChI=1S/C10H13FN2O2/c1-13(10(15)9(12)6-14)8-4-2-3-7(11)5-8/h2-5,9,14H,6,12H2,1H3. The van der Waals surface area contributed by atoms with Gasteiger partial charge in [-0.25, -0.2) is 4.39 Å². The molecule has 0 radical (unpaired) electrons. The van der Waals surface area contributed by atoms with Gasteiger partial charge in [0.1, 0.15) is 11.9 Å². The van der Waals surface area contributed by atoms with Crippen molar-refractivity contribution in [3.8, 4) is 0 Å². The second kappa shape index (κ2) is 4.86. The number of hydrogen-bond donors (Lipinski definition) is 2. The third-order valence-corrected chi connectivity index (χ3v) is 2.04. The van der Waals surface area contributed by atoms with Crippen LogP contribution in [0.15, 0.2) is 24.3 Å². The van der Waals surface area contributed by atoms with E-state index in [4.69, 9.17) is 10.8 Å². The topological polar surface area (TPSA) is 66.6 Å². The molecule has 0 fully saturated rings. The van der Waals surface area contributed by atoms with E-state index in [0.29, 0.717) is 5.69 Å². The molecule has 5 heteroatoms. The minimum Gasteiger partial charge on any atom is -0.394 e. The molecule has 0 aliphatic heterocycles. The Morgan fingerprint density at radius 1 is 1.67 bits per heavy atom. The Bertz CT molecular complexity index is 357. The fourth-order valence-electron chi connectivity index (χ4n) is 1.14. The van der Waals surface area contributed by atoms with Crippen LogP contribution < -0.4 is 10.6 Å². The van der Waals surface area contributed by atoms with Crippen LogP contribution in [0.25, 0.3) is 0 Å². The van der Waals surface area contributed by atoms with Gasteiger partial charge < -0.3 is 15.7 Å². The maximum Gasteiger partial charge on any atom is 0.246 e. The van der Waals surface area contributed by atoms with E-state index in [9.17, 15) is 9.18 Å². The number of anilines is 1. The number of halogens is 1. The lowest BCUT2D eigenvalue weighted by Crippen LogP contribution is -2.44. The summed E-state index contributed by atoms with van der Waals surface area (Å²) in [6.45, 7) is -0.432. The Morgan fingerprint density at radius 3 is 2.87 bits per heavy atom. The van der Waals surface area contributed by atoms with Gasteiger partial charge in [-0.2, -0.15) is 0 Å². The molecule has 1 atom stereocenters. The van der Waals surface area contributed by atoms with Crippen molar-refractivity contribution in [1.82, 2.24) is 0 Å².